The van der Waals surface area contributed by atoms with Gasteiger partial charge in [0.05, 0.1) is 18.4 Å². The van der Waals surface area contributed by atoms with Crippen molar-refractivity contribution in [3.05, 3.63) is 23.8 Å². The fourth-order valence-corrected chi connectivity index (χ4v) is 1.87. The largest absolute Gasteiger partial charge is 0.494 e. The Kier molecular flexibility index (Phi) is 5.49. The van der Waals surface area contributed by atoms with Crippen molar-refractivity contribution in [1.29, 1.82) is 0 Å². The summed E-state index contributed by atoms with van der Waals surface area (Å²) in [6.45, 7) is 5.55. The van der Waals surface area contributed by atoms with Crippen LogP contribution >= 0.6 is 0 Å². The van der Waals surface area contributed by atoms with E-state index in [9.17, 15) is 4.79 Å². The molecule has 0 aliphatic heterocycles. The van der Waals surface area contributed by atoms with Crippen LogP contribution in [0.5, 0.6) is 5.75 Å². The molecule has 0 saturated heterocycles. The van der Waals surface area contributed by atoms with Crippen LogP contribution in [0.4, 0.5) is 5.69 Å². The number of methoxy groups -OCH3 is 1. The number of amides is 1. The summed E-state index contributed by atoms with van der Waals surface area (Å²) in [5.41, 5.74) is 6.85. The van der Waals surface area contributed by atoms with E-state index in [4.69, 9.17) is 10.5 Å². The molecular weight excluding hydrogens is 228 g/mol. The highest BCUT2D eigenvalue weighted by Gasteiger charge is 2.19. The minimum absolute atomic E-state index is 0.0184. The number of nitrogens with zero attached hydrogens (tertiary/aromatic N) is 1. The molecule has 1 aromatic carbocycles. The molecular formula is C14H22N2O2. The van der Waals surface area contributed by atoms with Gasteiger partial charge >= 0.3 is 0 Å². The summed E-state index contributed by atoms with van der Waals surface area (Å²) in [6.07, 6.45) is 2.07. The zero-order valence-electron chi connectivity index (χ0n) is 11.4. The van der Waals surface area contributed by atoms with Crippen molar-refractivity contribution in [1.82, 2.24) is 4.90 Å². The number of hydrogen-bond donors (Lipinski definition) is 1. The number of benzene rings is 1. The highest BCUT2D eigenvalue weighted by molar-refractivity contribution is 5.98. The molecule has 0 unspecified atom stereocenters. The second-order valence-electron chi connectivity index (χ2n) is 4.17. The Hall–Kier alpha value is -1.71. The van der Waals surface area contributed by atoms with E-state index in [-0.39, 0.29) is 5.91 Å². The van der Waals surface area contributed by atoms with Crippen LogP contribution in [0.25, 0.3) is 0 Å². The van der Waals surface area contributed by atoms with Gasteiger partial charge in [-0.1, -0.05) is 19.4 Å². The SMILES string of the molecule is CCCCN(CC)C(=O)c1cccc(N)c1OC. The van der Waals surface area contributed by atoms with Crippen molar-refractivity contribution >= 4 is 11.6 Å². The van der Waals surface area contributed by atoms with Gasteiger partial charge in [0.25, 0.3) is 5.91 Å². The maximum Gasteiger partial charge on any atom is 0.257 e. The Labute approximate surface area is 109 Å². The summed E-state index contributed by atoms with van der Waals surface area (Å²) in [6, 6.07) is 5.27. The van der Waals surface area contributed by atoms with Crippen molar-refractivity contribution in [2.45, 2.75) is 26.7 Å². The van der Waals surface area contributed by atoms with Gasteiger partial charge in [-0.15, -0.1) is 0 Å². The van der Waals surface area contributed by atoms with Gasteiger partial charge in [0.1, 0.15) is 0 Å². The van der Waals surface area contributed by atoms with Crippen LogP contribution < -0.4 is 10.5 Å². The van der Waals surface area contributed by atoms with Gasteiger partial charge < -0.3 is 15.4 Å². The maximum absolute atomic E-state index is 12.4. The molecule has 0 fully saturated rings. The molecule has 0 saturated carbocycles. The molecule has 0 heterocycles. The molecule has 0 aliphatic carbocycles. The first kappa shape index (κ1) is 14.4. The third-order valence-corrected chi connectivity index (χ3v) is 2.93. The molecule has 2 N–H and O–H groups in total. The Morgan fingerprint density at radius 3 is 2.67 bits per heavy atom. The van der Waals surface area contributed by atoms with Gasteiger partial charge in [0.15, 0.2) is 5.75 Å². The van der Waals surface area contributed by atoms with Gasteiger partial charge in [0, 0.05) is 13.1 Å². The molecule has 0 spiro atoms. The van der Waals surface area contributed by atoms with E-state index < -0.39 is 0 Å². The monoisotopic (exact) mass is 250 g/mol. The van der Waals surface area contributed by atoms with Crippen LogP contribution in [0.3, 0.4) is 0 Å². The molecule has 0 aliphatic rings. The topological polar surface area (TPSA) is 55.6 Å². The highest BCUT2D eigenvalue weighted by Crippen LogP contribution is 2.27. The van der Waals surface area contributed by atoms with E-state index in [1.165, 1.54) is 7.11 Å². The molecule has 0 atom stereocenters. The average Bonchev–Trinajstić information content (AvgIpc) is 2.39. The number of carbonyl (C=O) groups is 1. The molecule has 0 radical (unpaired) electrons. The van der Waals surface area contributed by atoms with Crippen LogP contribution in [0.15, 0.2) is 18.2 Å². The fourth-order valence-electron chi connectivity index (χ4n) is 1.87. The highest BCUT2D eigenvalue weighted by atomic mass is 16.5. The Balaban J connectivity index is 2.97. The summed E-state index contributed by atoms with van der Waals surface area (Å²) in [4.78, 5) is 14.2. The average molecular weight is 250 g/mol. The lowest BCUT2D eigenvalue weighted by atomic mass is 10.1. The number of carbonyl (C=O) groups excluding carboxylic acids is 1. The van der Waals surface area contributed by atoms with Gasteiger partial charge in [-0.05, 0) is 25.5 Å². The Morgan fingerprint density at radius 1 is 1.39 bits per heavy atom. The minimum Gasteiger partial charge on any atom is -0.494 e. The van der Waals surface area contributed by atoms with Crippen molar-refractivity contribution < 1.29 is 9.53 Å². The van der Waals surface area contributed by atoms with E-state index >= 15 is 0 Å². The first-order valence-corrected chi connectivity index (χ1v) is 6.37. The van der Waals surface area contributed by atoms with Gasteiger partial charge in [-0.2, -0.15) is 0 Å². The molecule has 0 aromatic heterocycles. The lowest BCUT2D eigenvalue weighted by Gasteiger charge is -2.22. The number of rotatable bonds is 6. The lowest BCUT2D eigenvalue weighted by molar-refractivity contribution is 0.0759. The first-order valence-electron chi connectivity index (χ1n) is 6.37. The van der Waals surface area contributed by atoms with Gasteiger partial charge in [-0.3, -0.25) is 4.79 Å². The third kappa shape index (κ3) is 3.15. The van der Waals surface area contributed by atoms with Gasteiger partial charge in [-0.25, -0.2) is 0 Å². The zero-order chi connectivity index (χ0) is 13.5. The van der Waals surface area contributed by atoms with Crippen molar-refractivity contribution in [3.63, 3.8) is 0 Å². The van der Waals surface area contributed by atoms with Crippen LogP contribution in [-0.4, -0.2) is 31.0 Å². The third-order valence-electron chi connectivity index (χ3n) is 2.93. The van der Waals surface area contributed by atoms with E-state index in [1.54, 1.807) is 18.2 Å². The van der Waals surface area contributed by atoms with Crippen LogP contribution in [0.2, 0.25) is 0 Å². The van der Waals surface area contributed by atoms with Crippen molar-refractivity contribution in [2.24, 2.45) is 0 Å². The number of hydrogen-bond acceptors (Lipinski definition) is 3. The molecule has 1 amide bonds. The Morgan fingerprint density at radius 2 is 2.11 bits per heavy atom. The number of nitrogens with two attached hydrogens (primary N) is 1. The van der Waals surface area contributed by atoms with Crippen LogP contribution in [0.1, 0.15) is 37.0 Å². The predicted octanol–water partition coefficient (Wildman–Crippen LogP) is 2.54. The predicted molar refractivity (Wildman–Crippen MR) is 73.9 cm³/mol. The summed E-state index contributed by atoms with van der Waals surface area (Å²) >= 11 is 0. The van der Waals surface area contributed by atoms with Crippen LogP contribution in [-0.2, 0) is 0 Å². The van der Waals surface area contributed by atoms with Crippen molar-refractivity contribution in [3.8, 4) is 5.75 Å². The number of ether oxygens (including phenoxy) is 1. The standard InChI is InChI=1S/C14H22N2O2/c1-4-6-10-16(5-2)14(17)11-8-7-9-12(15)13(11)18-3/h7-9H,4-6,10,15H2,1-3H3. The molecule has 1 rings (SSSR count). The number of unbranched alkanes of at least 4 members (excludes halogenated alkanes) is 1. The molecule has 100 valence electrons. The first-order chi connectivity index (χ1) is 8.65. The molecule has 0 bridgehead atoms. The van der Waals surface area contributed by atoms with E-state index in [2.05, 4.69) is 6.92 Å². The number of para-hydroxylation sites is 1. The van der Waals surface area contributed by atoms with Crippen molar-refractivity contribution in [2.75, 3.05) is 25.9 Å². The summed E-state index contributed by atoms with van der Waals surface area (Å²) in [5.74, 6) is 0.451. The van der Waals surface area contributed by atoms with Gasteiger partial charge in [0.2, 0.25) is 0 Å². The zero-order valence-corrected chi connectivity index (χ0v) is 11.4. The summed E-state index contributed by atoms with van der Waals surface area (Å²) in [5, 5.41) is 0. The second kappa shape index (κ2) is 6.89. The van der Waals surface area contributed by atoms with E-state index in [0.29, 0.717) is 23.5 Å². The normalized spacial score (nSPS) is 10.2. The molecule has 18 heavy (non-hydrogen) atoms. The second-order valence-corrected chi connectivity index (χ2v) is 4.17. The summed E-state index contributed by atoms with van der Waals surface area (Å²) in [7, 11) is 1.53. The number of anilines is 1. The number of nitrogen functional groups attached to an aromatic ring is 1. The quantitative estimate of drug-likeness (QED) is 0.789. The molecule has 1 aromatic rings. The smallest absolute Gasteiger partial charge is 0.257 e. The maximum atomic E-state index is 12.4. The lowest BCUT2D eigenvalue weighted by Crippen LogP contribution is -2.32. The van der Waals surface area contributed by atoms with E-state index in [0.717, 1.165) is 19.4 Å². The van der Waals surface area contributed by atoms with E-state index in [1.807, 2.05) is 11.8 Å². The Bertz CT molecular complexity index is 405. The fraction of sp³-hybridized carbons (Fsp3) is 0.500. The molecule has 4 nitrogen and oxygen atoms in total. The molecule has 4 heteroatoms. The summed E-state index contributed by atoms with van der Waals surface area (Å²) < 4.78 is 5.22. The van der Waals surface area contributed by atoms with Crippen LogP contribution in [0, 0.1) is 0 Å². The minimum atomic E-state index is -0.0184.